The van der Waals surface area contributed by atoms with Crippen molar-refractivity contribution in [2.75, 3.05) is 33.7 Å². The third kappa shape index (κ3) is 6.21. The number of aliphatic imine (C=N–C) groups is 1. The van der Waals surface area contributed by atoms with E-state index >= 15 is 0 Å². The first kappa shape index (κ1) is 26.7. The zero-order chi connectivity index (χ0) is 25.8. The maximum absolute atomic E-state index is 12.8. The van der Waals surface area contributed by atoms with E-state index in [1.165, 1.54) is 41.1 Å². The van der Waals surface area contributed by atoms with Crippen LogP contribution in [0.3, 0.4) is 0 Å². The van der Waals surface area contributed by atoms with Gasteiger partial charge in [0.05, 0.1) is 23.1 Å². The summed E-state index contributed by atoms with van der Waals surface area (Å²) in [6.45, 7) is 1.01. The second-order valence-corrected chi connectivity index (χ2v) is 10.6. The summed E-state index contributed by atoms with van der Waals surface area (Å²) in [7, 11) is -0.951. The minimum atomic E-state index is -3.94. The van der Waals surface area contributed by atoms with Gasteiger partial charge in [-0.3, -0.25) is 14.7 Å². The summed E-state index contributed by atoms with van der Waals surface area (Å²) in [6.07, 6.45) is 1.70. The Hall–Kier alpha value is -2.92. The van der Waals surface area contributed by atoms with Gasteiger partial charge in [-0.2, -0.15) is 4.31 Å². The van der Waals surface area contributed by atoms with Gasteiger partial charge in [-0.15, -0.1) is 0 Å². The van der Waals surface area contributed by atoms with Crippen LogP contribution in [-0.4, -0.2) is 79.2 Å². The fraction of sp³-hybridized carbons (Fsp3) is 0.261. The van der Waals surface area contributed by atoms with E-state index in [-0.39, 0.29) is 27.4 Å². The average Bonchev–Trinajstić information content (AvgIpc) is 3.29. The molecule has 0 saturated heterocycles. The lowest BCUT2D eigenvalue weighted by Gasteiger charge is -2.18. The molecule has 0 spiro atoms. The van der Waals surface area contributed by atoms with Gasteiger partial charge in [0.25, 0.3) is 0 Å². The van der Waals surface area contributed by atoms with Crippen LogP contribution in [0.5, 0.6) is 0 Å². The molecule has 1 N–H and O–H groups in total. The Morgan fingerprint density at radius 2 is 1.74 bits per heavy atom. The molecule has 0 unspecified atom stereocenters. The maximum atomic E-state index is 12.8. The van der Waals surface area contributed by atoms with Gasteiger partial charge >= 0.3 is 6.09 Å². The number of amidine groups is 1. The van der Waals surface area contributed by atoms with Crippen LogP contribution in [0, 0.1) is 0 Å². The lowest BCUT2D eigenvalue weighted by atomic mass is 10.1. The van der Waals surface area contributed by atoms with Crippen molar-refractivity contribution in [3.63, 3.8) is 0 Å². The molecule has 2 aromatic carbocycles. The molecule has 9 nitrogen and oxygen atoms in total. The molecular formula is C23H24Cl2N4O5S. The van der Waals surface area contributed by atoms with E-state index in [2.05, 4.69) is 4.99 Å². The van der Waals surface area contributed by atoms with Crippen LogP contribution in [0.2, 0.25) is 10.0 Å². The van der Waals surface area contributed by atoms with Gasteiger partial charge in [0.15, 0.2) is 0 Å². The SMILES string of the molecule is CN(Cc1ccc(C2=NCCN2C(=O)O)cc1)C(=O)/C=C/CN(C)S(=O)(=O)c1c(Cl)cccc1Cl. The fourth-order valence-corrected chi connectivity index (χ4v) is 5.61. The van der Waals surface area contributed by atoms with Gasteiger partial charge in [-0.25, -0.2) is 13.2 Å². The first-order valence-corrected chi connectivity index (χ1v) is 12.7. The number of carbonyl (C=O) groups excluding carboxylic acids is 1. The van der Waals surface area contributed by atoms with Crippen LogP contribution in [0.25, 0.3) is 0 Å². The van der Waals surface area contributed by atoms with E-state index in [9.17, 15) is 23.1 Å². The van der Waals surface area contributed by atoms with E-state index in [0.29, 0.717) is 31.0 Å². The van der Waals surface area contributed by atoms with Crippen molar-refractivity contribution in [1.82, 2.24) is 14.1 Å². The van der Waals surface area contributed by atoms with Crippen LogP contribution < -0.4 is 0 Å². The topological polar surface area (TPSA) is 111 Å². The van der Waals surface area contributed by atoms with Crippen LogP contribution >= 0.6 is 23.2 Å². The Kier molecular flexibility index (Phi) is 8.55. The van der Waals surface area contributed by atoms with E-state index in [1.807, 2.05) is 0 Å². The summed E-state index contributed by atoms with van der Waals surface area (Å²) < 4.78 is 26.6. The summed E-state index contributed by atoms with van der Waals surface area (Å²) in [6, 6.07) is 11.6. The van der Waals surface area contributed by atoms with Gasteiger partial charge in [0.2, 0.25) is 15.9 Å². The number of carbonyl (C=O) groups is 2. The number of benzene rings is 2. The highest BCUT2D eigenvalue weighted by Gasteiger charge is 2.26. The lowest BCUT2D eigenvalue weighted by molar-refractivity contribution is -0.125. The highest BCUT2D eigenvalue weighted by atomic mass is 35.5. The standard InChI is InChI=1S/C23H24Cl2N4O5S/c1-27(15-16-8-10-17(11-9-16)22-26-12-14-29(22)23(31)32)20(30)7-4-13-28(2)35(33,34)21-18(24)5-3-6-19(21)25/h3-11H,12-15H2,1-2H3,(H,31,32)/b7-4+. The average molecular weight is 539 g/mol. The Balaban J connectivity index is 1.58. The van der Waals surface area contributed by atoms with Crippen molar-refractivity contribution >= 4 is 51.1 Å². The molecule has 12 heteroatoms. The minimum Gasteiger partial charge on any atom is -0.465 e. The number of nitrogens with zero attached hydrogens (tertiary/aromatic N) is 4. The number of hydrogen-bond donors (Lipinski definition) is 1. The third-order valence-electron chi connectivity index (χ3n) is 5.29. The second-order valence-electron chi connectivity index (χ2n) is 7.77. The summed E-state index contributed by atoms with van der Waals surface area (Å²) in [5.41, 5.74) is 1.52. The number of sulfonamides is 1. The van der Waals surface area contributed by atoms with E-state index in [4.69, 9.17) is 23.2 Å². The third-order valence-corrected chi connectivity index (χ3v) is 8.07. The molecule has 0 fully saturated rings. The van der Waals surface area contributed by atoms with Gasteiger partial charge < -0.3 is 10.0 Å². The molecular weight excluding hydrogens is 515 g/mol. The number of likely N-dealkylation sites (N-methyl/N-ethyl adjacent to an activating group) is 2. The van der Waals surface area contributed by atoms with E-state index < -0.39 is 16.1 Å². The Bertz CT molecular complexity index is 1260. The largest absolute Gasteiger partial charge is 0.465 e. The molecule has 3 rings (SSSR count). The van der Waals surface area contributed by atoms with Gasteiger partial charge in [0, 0.05) is 38.8 Å². The van der Waals surface area contributed by atoms with Crippen LogP contribution in [-0.2, 0) is 21.4 Å². The van der Waals surface area contributed by atoms with Gasteiger partial charge in [-0.1, -0.05) is 59.6 Å². The van der Waals surface area contributed by atoms with Crippen LogP contribution in [0.15, 0.2) is 64.5 Å². The first-order valence-electron chi connectivity index (χ1n) is 10.5. The molecule has 1 heterocycles. The Morgan fingerprint density at radius 3 is 2.34 bits per heavy atom. The molecule has 35 heavy (non-hydrogen) atoms. The molecule has 0 aliphatic carbocycles. The Morgan fingerprint density at radius 1 is 1.11 bits per heavy atom. The predicted octanol–water partition coefficient (Wildman–Crippen LogP) is 3.57. The highest BCUT2D eigenvalue weighted by molar-refractivity contribution is 7.89. The highest BCUT2D eigenvalue weighted by Crippen LogP contribution is 2.30. The summed E-state index contributed by atoms with van der Waals surface area (Å²) in [4.78, 5) is 30.5. The second kappa shape index (κ2) is 11.2. The van der Waals surface area contributed by atoms with E-state index in [0.717, 1.165) is 9.87 Å². The maximum Gasteiger partial charge on any atom is 0.413 e. The predicted molar refractivity (Wildman–Crippen MR) is 134 cm³/mol. The van der Waals surface area contributed by atoms with Crippen molar-refractivity contribution in [3.05, 3.63) is 75.8 Å². The first-order chi connectivity index (χ1) is 16.5. The van der Waals surface area contributed by atoms with Crippen molar-refractivity contribution in [2.45, 2.75) is 11.4 Å². The molecule has 0 bridgehead atoms. The van der Waals surface area contributed by atoms with Gasteiger partial charge in [0.1, 0.15) is 10.7 Å². The molecule has 1 aliphatic rings. The van der Waals surface area contributed by atoms with Crippen molar-refractivity contribution < 1.29 is 23.1 Å². The number of carboxylic acid groups (broad SMARTS) is 1. The quantitative estimate of drug-likeness (QED) is 0.516. The molecule has 186 valence electrons. The molecule has 0 saturated carbocycles. The zero-order valence-electron chi connectivity index (χ0n) is 19.1. The summed E-state index contributed by atoms with van der Waals surface area (Å²) >= 11 is 12.0. The normalized spacial score (nSPS) is 14.0. The van der Waals surface area contributed by atoms with Crippen LogP contribution in [0.4, 0.5) is 4.79 Å². The number of hydrogen-bond acceptors (Lipinski definition) is 5. The zero-order valence-corrected chi connectivity index (χ0v) is 21.4. The van der Waals surface area contributed by atoms with Crippen molar-refractivity contribution in [2.24, 2.45) is 4.99 Å². The molecule has 1 aliphatic heterocycles. The smallest absolute Gasteiger partial charge is 0.413 e. The van der Waals surface area contributed by atoms with Crippen molar-refractivity contribution in [3.8, 4) is 0 Å². The van der Waals surface area contributed by atoms with Crippen molar-refractivity contribution in [1.29, 1.82) is 0 Å². The number of halogens is 2. The summed E-state index contributed by atoms with van der Waals surface area (Å²) in [5.74, 6) is 0.0986. The lowest BCUT2D eigenvalue weighted by Crippen LogP contribution is -2.33. The molecule has 2 amide bonds. The summed E-state index contributed by atoms with van der Waals surface area (Å²) in [5, 5.41) is 9.30. The molecule has 2 aromatic rings. The Labute approximate surface area is 213 Å². The molecule has 0 radical (unpaired) electrons. The van der Waals surface area contributed by atoms with E-state index in [1.54, 1.807) is 37.4 Å². The number of rotatable bonds is 8. The van der Waals surface area contributed by atoms with Crippen LogP contribution in [0.1, 0.15) is 11.1 Å². The number of amides is 2. The van der Waals surface area contributed by atoms with Gasteiger partial charge in [-0.05, 0) is 17.7 Å². The minimum absolute atomic E-state index is 0.0193. The molecule has 0 atom stereocenters. The monoisotopic (exact) mass is 538 g/mol. The fourth-order valence-electron chi connectivity index (χ4n) is 3.40. The molecule has 0 aromatic heterocycles.